The normalized spacial score (nSPS) is 15.3. The molecule has 224 valence electrons. The summed E-state index contributed by atoms with van der Waals surface area (Å²) in [6.45, 7) is 5.94. The second-order valence-electron chi connectivity index (χ2n) is 10.1. The molecule has 1 aliphatic rings. The lowest BCUT2D eigenvalue weighted by atomic mass is 9.80. The first-order valence-corrected chi connectivity index (χ1v) is 14.9. The fourth-order valence-electron chi connectivity index (χ4n) is 4.44. The van der Waals surface area contributed by atoms with E-state index in [-0.39, 0.29) is 49.3 Å². The number of benzene rings is 2. The van der Waals surface area contributed by atoms with Crippen molar-refractivity contribution in [3.8, 4) is 0 Å². The fraction of sp³-hybridized carbons (Fsp3) is 0.448. The molecule has 1 aliphatic carbocycles. The monoisotopic (exact) mass is 596 g/mol. The van der Waals surface area contributed by atoms with E-state index >= 15 is 0 Å². The number of carbonyl (C=O) groups excluding carboxylic acids is 1. The van der Waals surface area contributed by atoms with Gasteiger partial charge in [0.15, 0.2) is 0 Å². The Hall–Kier alpha value is -3.25. The molecule has 0 bridgehead atoms. The summed E-state index contributed by atoms with van der Waals surface area (Å²) in [7, 11) is -2.50. The number of alkyl halides is 3. The van der Waals surface area contributed by atoms with Gasteiger partial charge in [0.05, 0.1) is 17.0 Å². The number of aliphatic imine (C=N–C) groups is 1. The molecule has 0 spiro atoms. The minimum atomic E-state index is -4.52. The molecule has 7 nitrogen and oxygen atoms in total. The van der Waals surface area contributed by atoms with Gasteiger partial charge in [0, 0.05) is 32.6 Å². The Morgan fingerprint density at radius 2 is 1.73 bits per heavy atom. The molecule has 2 aromatic carbocycles. The lowest BCUT2D eigenvalue weighted by molar-refractivity contribution is -0.137. The van der Waals surface area contributed by atoms with E-state index in [2.05, 4.69) is 22.2 Å². The van der Waals surface area contributed by atoms with Crippen LogP contribution in [-0.4, -0.2) is 50.6 Å². The Kier molecular flexibility index (Phi) is 11.1. The molecule has 1 saturated carbocycles. The number of sulfonamides is 1. The molecule has 2 N–H and O–H groups in total. The first kappa shape index (κ1) is 32.3. The number of rotatable bonds is 13. The molecule has 0 saturated heterocycles. The fourth-order valence-corrected chi connectivity index (χ4v) is 5.87. The average molecular weight is 597 g/mol. The van der Waals surface area contributed by atoms with Crippen LogP contribution < -0.4 is 10.6 Å². The van der Waals surface area contributed by atoms with Crippen molar-refractivity contribution in [1.82, 2.24) is 14.9 Å². The highest BCUT2D eigenvalue weighted by molar-refractivity contribution is 7.89. The highest BCUT2D eigenvalue weighted by Crippen LogP contribution is 2.30. The SMILES string of the molecule is C=C(CCN(Cc1ccc(C(F)(F)F)cc1)S(=O)(=O)c1ccc(F)cc1)/C(=N/CCC(=O)NC(C)C1CCC1)NC. The maximum atomic E-state index is 13.4. The molecular formula is C29H36F4N4O3S. The van der Waals surface area contributed by atoms with Gasteiger partial charge in [-0.2, -0.15) is 17.5 Å². The minimum absolute atomic E-state index is 0.0698. The van der Waals surface area contributed by atoms with Gasteiger partial charge in [-0.25, -0.2) is 12.8 Å². The number of halogens is 4. The summed E-state index contributed by atoms with van der Waals surface area (Å²) in [6.07, 6.45) is -0.753. The van der Waals surface area contributed by atoms with E-state index < -0.39 is 27.6 Å². The van der Waals surface area contributed by atoms with Crippen LogP contribution in [0.3, 0.4) is 0 Å². The molecule has 0 aromatic heterocycles. The maximum absolute atomic E-state index is 13.4. The van der Waals surface area contributed by atoms with Crippen LogP contribution in [0.25, 0.3) is 0 Å². The number of hydrogen-bond donors (Lipinski definition) is 2. The van der Waals surface area contributed by atoms with Crippen LogP contribution in [0.1, 0.15) is 50.2 Å². The molecule has 0 heterocycles. The predicted octanol–water partition coefficient (Wildman–Crippen LogP) is 5.29. The van der Waals surface area contributed by atoms with E-state index in [0.29, 0.717) is 22.9 Å². The zero-order valence-electron chi connectivity index (χ0n) is 23.2. The summed E-state index contributed by atoms with van der Waals surface area (Å²) >= 11 is 0. The Bertz CT molecular complexity index is 1320. The average Bonchev–Trinajstić information content (AvgIpc) is 2.87. The summed E-state index contributed by atoms with van der Waals surface area (Å²) in [6, 6.07) is 8.68. The van der Waals surface area contributed by atoms with Crippen LogP contribution in [0.4, 0.5) is 17.6 Å². The molecule has 1 atom stereocenters. The standard InChI is InChI=1S/C29H36F4N4O3S/c1-20(28(34-3)35-17-15-27(38)36-21(2)23-5-4-6-23)16-18-37(41(39,40)26-13-11-25(30)12-14-26)19-22-7-9-24(10-8-22)29(31,32)33/h7-14,21,23H,1,4-6,15-19H2,2-3H3,(H,34,35)(H,36,38). The first-order valence-electron chi connectivity index (χ1n) is 13.4. The number of nitrogens with zero attached hydrogens (tertiary/aromatic N) is 2. The molecule has 0 aliphatic heterocycles. The van der Waals surface area contributed by atoms with E-state index in [4.69, 9.17) is 0 Å². The van der Waals surface area contributed by atoms with Crippen molar-refractivity contribution in [3.63, 3.8) is 0 Å². The van der Waals surface area contributed by atoms with Crippen LogP contribution >= 0.6 is 0 Å². The van der Waals surface area contributed by atoms with E-state index in [1.807, 2.05) is 6.92 Å². The smallest absolute Gasteiger partial charge is 0.373 e. The van der Waals surface area contributed by atoms with Gasteiger partial charge >= 0.3 is 6.18 Å². The number of hydrogen-bond acceptors (Lipinski definition) is 4. The second kappa shape index (κ2) is 14.1. The lowest BCUT2D eigenvalue weighted by Gasteiger charge is -2.31. The lowest BCUT2D eigenvalue weighted by Crippen LogP contribution is -2.40. The van der Waals surface area contributed by atoms with Gasteiger partial charge in [0.1, 0.15) is 11.7 Å². The number of amidine groups is 1. The molecule has 1 amide bonds. The molecule has 12 heteroatoms. The van der Waals surface area contributed by atoms with E-state index in [1.165, 1.54) is 18.6 Å². The first-order chi connectivity index (χ1) is 19.3. The highest BCUT2D eigenvalue weighted by atomic mass is 32.2. The molecule has 2 aromatic rings. The van der Waals surface area contributed by atoms with Gasteiger partial charge in [-0.3, -0.25) is 9.79 Å². The summed E-state index contributed by atoms with van der Waals surface area (Å²) in [5.41, 5.74) is -0.00922. The number of carbonyl (C=O) groups is 1. The Labute approximate surface area is 238 Å². The maximum Gasteiger partial charge on any atom is 0.416 e. The zero-order valence-corrected chi connectivity index (χ0v) is 24.0. The summed E-state index contributed by atoms with van der Waals surface area (Å²) < 4.78 is 80.4. The molecule has 41 heavy (non-hydrogen) atoms. The van der Waals surface area contributed by atoms with Crippen LogP contribution in [0, 0.1) is 11.7 Å². The van der Waals surface area contributed by atoms with Crippen LogP contribution in [0.5, 0.6) is 0 Å². The van der Waals surface area contributed by atoms with Crippen molar-refractivity contribution in [2.75, 3.05) is 20.1 Å². The predicted molar refractivity (Wildman–Crippen MR) is 150 cm³/mol. The number of nitrogens with one attached hydrogen (secondary N) is 2. The van der Waals surface area contributed by atoms with E-state index in [1.54, 1.807) is 7.05 Å². The topological polar surface area (TPSA) is 90.9 Å². The zero-order chi connectivity index (χ0) is 30.2. The quantitative estimate of drug-likeness (QED) is 0.187. The van der Waals surface area contributed by atoms with Crippen molar-refractivity contribution in [2.24, 2.45) is 10.9 Å². The van der Waals surface area contributed by atoms with Gasteiger partial charge < -0.3 is 10.6 Å². The van der Waals surface area contributed by atoms with Crippen molar-refractivity contribution in [2.45, 2.75) is 62.7 Å². The van der Waals surface area contributed by atoms with Gasteiger partial charge in [0.25, 0.3) is 0 Å². The molecular weight excluding hydrogens is 560 g/mol. The molecule has 0 radical (unpaired) electrons. The van der Waals surface area contributed by atoms with Crippen molar-refractivity contribution >= 4 is 21.8 Å². The third-order valence-corrected chi connectivity index (χ3v) is 9.04. The van der Waals surface area contributed by atoms with E-state index in [0.717, 1.165) is 53.5 Å². The van der Waals surface area contributed by atoms with Gasteiger partial charge in [0.2, 0.25) is 15.9 Å². The van der Waals surface area contributed by atoms with Gasteiger partial charge in [-0.05, 0) is 79.6 Å². The number of amides is 1. The molecule has 3 rings (SSSR count). The van der Waals surface area contributed by atoms with E-state index in [9.17, 15) is 30.8 Å². The highest BCUT2D eigenvalue weighted by Gasteiger charge is 2.31. The minimum Gasteiger partial charge on any atom is -0.373 e. The van der Waals surface area contributed by atoms with Crippen LogP contribution in [0.15, 0.2) is 70.6 Å². The Morgan fingerprint density at radius 3 is 2.27 bits per heavy atom. The number of likely N-dealkylation sites (N-methyl/N-ethyl adjacent to an activating group) is 1. The summed E-state index contributed by atoms with van der Waals surface area (Å²) in [5.74, 6) is 0.236. The van der Waals surface area contributed by atoms with Crippen molar-refractivity contribution < 1.29 is 30.8 Å². The third kappa shape index (κ3) is 9.12. The summed E-state index contributed by atoms with van der Waals surface area (Å²) in [4.78, 5) is 16.6. The van der Waals surface area contributed by atoms with Crippen molar-refractivity contribution in [1.29, 1.82) is 0 Å². The molecule has 1 unspecified atom stereocenters. The Balaban J connectivity index is 1.69. The van der Waals surface area contributed by atoms with Crippen molar-refractivity contribution in [3.05, 3.63) is 77.6 Å². The molecule has 1 fully saturated rings. The van der Waals surface area contributed by atoms with Gasteiger partial charge in [-0.15, -0.1) is 0 Å². The third-order valence-electron chi connectivity index (χ3n) is 7.18. The second-order valence-corrected chi connectivity index (χ2v) is 12.1. The van der Waals surface area contributed by atoms with Crippen LogP contribution in [-0.2, 0) is 27.5 Å². The Morgan fingerprint density at radius 1 is 1.10 bits per heavy atom. The van der Waals surface area contributed by atoms with Crippen LogP contribution in [0.2, 0.25) is 0 Å². The largest absolute Gasteiger partial charge is 0.416 e. The summed E-state index contributed by atoms with van der Waals surface area (Å²) in [5, 5.41) is 5.93. The van der Waals surface area contributed by atoms with Gasteiger partial charge in [-0.1, -0.05) is 25.1 Å².